The zero-order chi connectivity index (χ0) is 44.7. The van der Waals surface area contributed by atoms with Gasteiger partial charge < -0.3 is 30.7 Å². The number of aromatic nitrogens is 1. The lowest BCUT2D eigenvalue weighted by Gasteiger charge is -2.40. The number of benzene rings is 1. The number of likely N-dealkylation sites (tertiary alicyclic amines) is 1. The standard InChI is InChI=1S/C45H71FN6O7S/c1-11-13-14-16-22-52(42(55)38(29(5)12-2)50-40(54)35-18-15-17-21-51(35)10)36(28(3)4)25-37(59-44(58)47-9)41-49-34(27-60-41)39(53)48-32(26-45(7,8)43(56)57)23-31-20-19-30(6)33(46)24-31/h19-20,24,27-29,32,35-38H,11-18,21-23,25-26H2,1-10H3,(H,47,58)(H,48,53)(H,50,54)(H,56,57)/t29-,32-,35+,36+,37+,38-/m0/s1. The third-order valence-electron chi connectivity index (χ3n) is 11.9. The van der Waals surface area contributed by atoms with Gasteiger partial charge in [-0.25, -0.2) is 14.2 Å². The van der Waals surface area contributed by atoms with Crippen LogP contribution in [0.25, 0.3) is 0 Å². The number of nitrogens with zero attached hydrogens (tertiary/aromatic N) is 3. The third-order valence-corrected chi connectivity index (χ3v) is 12.8. The molecular weight excluding hydrogens is 788 g/mol. The molecule has 1 aliphatic rings. The molecule has 2 heterocycles. The van der Waals surface area contributed by atoms with Crippen LogP contribution in [-0.2, 0) is 25.5 Å². The molecule has 0 radical (unpaired) electrons. The van der Waals surface area contributed by atoms with Crippen molar-refractivity contribution in [1.29, 1.82) is 0 Å². The van der Waals surface area contributed by atoms with Crippen molar-refractivity contribution in [2.24, 2.45) is 17.3 Å². The van der Waals surface area contributed by atoms with Gasteiger partial charge in [-0.15, -0.1) is 11.3 Å². The van der Waals surface area contributed by atoms with Gasteiger partial charge in [-0.1, -0.05) is 78.9 Å². The molecule has 2 aromatic rings. The highest BCUT2D eigenvalue weighted by Crippen LogP contribution is 2.32. The van der Waals surface area contributed by atoms with Crippen LogP contribution in [-0.4, -0.2) is 101 Å². The molecule has 1 saturated heterocycles. The first-order valence-corrected chi connectivity index (χ1v) is 22.6. The summed E-state index contributed by atoms with van der Waals surface area (Å²) in [6, 6.07) is 2.62. The van der Waals surface area contributed by atoms with Crippen LogP contribution in [0.1, 0.15) is 145 Å². The molecule has 15 heteroatoms. The van der Waals surface area contributed by atoms with Crippen molar-refractivity contribution in [2.75, 3.05) is 27.2 Å². The number of carboxylic acids is 1. The van der Waals surface area contributed by atoms with Gasteiger partial charge in [0.15, 0.2) is 6.10 Å². The monoisotopic (exact) mass is 859 g/mol. The molecule has 0 spiro atoms. The van der Waals surface area contributed by atoms with Gasteiger partial charge in [0.25, 0.3) is 5.91 Å². The molecule has 0 saturated carbocycles. The summed E-state index contributed by atoms with van der Waals surface area (Å²) < 4.78 is 20.4. The van der Waals surface area contributed by atoms with E-state index in [1.807, 2.05) is 39.6 Å². The SMILES string of the molecule is CCCCCCN(C(=O)[C@@H](NC(=O)[C@H]1CCCCN1C)[C@@H](C)CC)[C@H](C[C@@H](OC(=O)NC)c1nc(C(=O)N[C@@H](Cc2ccc(C)c(F)c2)CC(C)(C)C(=O)O)cs1)C(C)C. The minimum absolute atomic E-state index is 0.0505. The van der Waals surface area contributed by atoms with Crippen molar-refractivity contribution in [3.8, 4) is 0 Å². The molecule has 4 N–H and O–H groups in total. The van der Waals surface area contributed by atoms with Gasteiger partial charge in [0.05, 0.1) is 11.5 Å². The van der Waals surface area contributed by atoms with E-state index < -0.39 is 53.4 Å². The number of carbonyl (C=O) groups excluding carboxylic acids is 4. The normalized spacial score (nSPS) is 17.2. The molecule has 6 atom stereocenters. The number of aliphatic carboxylic acids is 1. The molecule has 1 aliphatic heterocycles. The highest BCUT2D eigenvalue weighted by molar-refractivity contribution is 7.09. The van der Waals surface area contributed by atoms with Crippen LogP contribution in [0.15, 0.2) is 23.6 Å². The average Bonchev–Trinajstić information content (AvgIpc) is 3.70. The quantitative estimate of drug-likeness (QED) is 0.0820. The van der Waals surface area contributed by atoms with Gasteiger partial charge in [-0.05, 0) is 95.5 Å². The van der Waals surface area contributed by atoms with Gasteiger partial charge in [0.2, 0.25) is 11.8 Å². The van der Waals surface area contributed by atoms with Crippen molar-refractivity contribution in [2.45, 2.75) is 156 Å². The number of rotatable bonds is 23. The number of thiazole rings is 1. The van der Waals surface area contributed by atoms with Crippen LogP contribution >= 0.6 is 11.3 Å². The Kier molecular flexibility index (Phi) is 19.9. The number of ether oxygens (including phenoxy) is 1. The van der Waals surface area contributed by atoms with E-state index in [1.165, 1.54) is 13.1 Å². The van der Waals surface area contributed by atoms with E-state index in [2.05, 4.69) is 32.8 Å². The number of amides is 4. The Balaban J connectivity index is 1.97. The van der Waals surface area contributed by atoms with Crippen molar-refractivity contribution in [1.82, 2.24) is 30.7 Å². The number of likely N-dealkylation sites (N-methyl/N-ethyl adjacent to an activating group) is 1. The van der Waals surface area contributed by atoms with Crippen molar-refractivity contribution in [3.05, 3.63) is 51.2 Å². The highest BCUT2D eigenvalue weighted by Gasteiger charge is 2.39. The first-order chi connectivity index (χ1) is 28.3. The van der Waals surface area contributed by atoms with Crippen LogP contribution in [0.2, 0.25) is 0 Å². The van der Waals surface area contributed by atoms with Gasteiger partial charge in [0.1, 0.15) is 22.6 Å². The molecule has 1 aromatic heterocycles. The maximum absolute atomic E-state index is 14.9. The summed E-state index contributed by atoms with van der Waals surface area (Å²) in [5.41, 5.74) is -0.0699. The number of halogens is 1. The van der Waals surface area contributed by atoms with Crippen molar-refractivity contribution in [3.63, 3.8) is 0 Å². The summed E-state index contributed by atoms with van der Waals surface area (Å²) in [5, 5.41) is 20.4. The molecule has 1 fully saturated rings. The largest absolute Gasteiger partial charge is 0.481 e. The maximum Gasteiger partial charge on any atom is 0.407 e. The Hall–Kier alpha value is -4.11. The second-order valence-corrected chi connectivity index (χ2v) is 18.5. The lowest BCUT2D eigenvalue weighted by atomic mass is 9.83. The predicted molar refractivity (Wildman–Crippen MR) is 233 cm³/mol. The number of hydrogen-bond donors (Lipinski definition) is 4. The van der Waals surface area contributed by atoms with Crippen LogP contribution in [0.5, 0.6) is 0 Å². The summed E-state index contributed by atoms with van der Waals surface area (Å²) in [4.78, 5) is 76.1. The predicted octanol–water partition coefficient (Wildman–Crippen LogP) is 7.67. The zero-order valence-electron chi connectivity index (χ0n) is 37.6. The summed E-state index contributed by atoms with van der Waals surface area (Å²) in [6.07, 6.45) is 5.89. The van der Waals surface area contributed by atoms with E-state index in [0.29, 0.717) is 29.1 Å². The molecule has 3 rings (SSSR count). The fourth-order valence-electron chi connectivity index (χ4n) is 7.76. The Morgan fingerprint density at radius 3 is 2.40 bits per heavy atom. The molecule has 60 heavy (non-hydrogen) atoms. The lowest BCUT2D eigenvalue weighted by molar-refractivity contribution is -0.147. The topological polar surface area (TPSA) is 170 Å². The first kappa shape index (κ1) is 50.2. The number of alkyl carbamates (subject to hydrolysis) is 1. The highest BCUT2D eigenvalue weighted by atomic mass is 32.1. The Morgan fingerprint density at radius 1 is 1.08 bits per heavy atom. The zero-order valence-corrected chi connectivity index (χ0v) is 38.4. The molecule has 336 valence electrons. The van der Waals surface area contributed by atoms with E-state index in [0.717, 1.165) is 62.8 Å². The lowest BCUT2D eigenvalue weighted by Crippen LogP contribution is -2.59. The molecule has 13 nitrogen and oxygen atoms in total. The molecule has 1 aromatic carbocycles. The van der Waals surface area contributed by atoms with Crippen LogP contribution in [0, 0.1) is 30.0 Å². The third kappa shape index (κ3) is 14.5. The fourth-order valence-corrected chi connectivity index (χ4v) is 8.60. The van der Waals surface area contributed by atoms with Gasteiger partial charge >= 0.3 is 12.1 Å². The number of nitrogens with one attached hydrogen (secondary N) is 3. The van der Waals surface area contributed by atoms with E-state index in [9.17, 15) is 33.5 Å². The molecular formula is C45H71FN6O7S. The van der Waals surface area contributed by atoms with Crippen LogP contribution < -0.4 is 16.0 Å². The summed E-state index contributed by atoms with van der Waals surface area (Å²) in [5.74, 6) is -2.54. The van der Waals surface area contributed by atoms with Crippen molar-refractivity contribution >= 4 is 41.1 Å². The Labute approximate surface area is 361 Å². The minimum Gasteiger partial charge on any atom is -0.481 e. The smallest absolute Gasteiger partial charge is 0.407 e. The number of unbranched alkanes of at least 4 members (excludes halogenated alkanes) is 3. The number of aryl methyl sites for hydroxylation is 1. The molecule has 0 unspecified atom stereocenters. The van der Waals surface area contributed by atoms with Crippen molar-refractivity contribution < 1.29 is 38.2 Å². The Morgan fingerprint density at radius 2 is 1.80 bits per heavy atom. The maximum atomic E-state index is 14.9. The Bertz CT molecular complexity index is 1740. The minimum atomic E-state index is -1.20. The number of carboxylic acid groups (broad SMARTS) is 1. The average molecular weight is 859 g/mol. The molecule has 4 amide bonds. The van der Waals surface area contributed by atoms with Gasteiger partial charge in [-0.3, -0.25) is 24.1 Å². The fraction of sp³-hybridized carbons (Fsp3) is 0.689. The van der Waals surface area contributed by atoms with E-state index >= 15 is 0 Å². The van der Waals surface area contributed by atoms with Gasteiger partial charge in [0, 0.05) is 37.5 Å². The van der Waals surface area contributed by atoms with E-state index in [4.69, 9.17) is 4.74 Å². The molecule has 0 aliphatic carbocycles. The summed E-state index contributed by atoms with van der Waals surface area (Å²) >= 11 is 1.14. The van der Waals surface area contributed by atoms with Gasteiger partial charge in [-0.2, -0.15) is 0 Å². The second kappa shape index (κ2) is 23.8. The second-order valence-electron chi connectivity index (χ2n) is 17.6. The molecule has 0 bridgehead atoms. The first-order valence-electron chi connectivity index (χ1n) is 21.8. The van der Waals surface area contributed by atoms with Crippen LogP contribution in [0.4, 0.5) is 9.18 Å². The van der Waals surface area contributed by atoms with E-state index in [-0.39, 0.29) is 54.6 Å². The van der Waals surface area contributed by atoms with Crippen LogP contribution in [0.3, 0.4) is 0 Å². The summed E-state index contributed by atoms with van der Waals surface area (Å²) in [6.45, 7) is 16.2. The number of piperidine rings is 1. The number of carbonyl (C=O) groups is 5. The van der Waals surface area contributed by atoms with E-state index in [1.54, 1.807) is 38.3 Å². The number of hydrogen-bond acceptors (Lipinski definition) is 9. The summed E-state index contributed by atoms with van der Waals surface area (Å²) in [7, 11) is 3.40.